The molecule has 51 heavy (non-hydrogen) atoms. The predicted molar refractivity (Wildman–Crippen MR) is 207 cm³/mol. The van der Waals surface area contributed by atoms with Gasteiger partial charge >= 0.3 is 0 Å². The summed E-state index contributed by atoms with van der Waals surface area (Å²) in [5.74, 6) is 2.29. The molecule has 2 aliphatic heterocycles. The molecule has 0 aliphatic carbocycles. The van der Waals surface area contributed by atoms with Crippen molar-refractivity contribution in [1.29, 1.82) is 0 Å². The van der Waals surface area contributed by atoms with Crippen LogP contribution in [-0.2, 0) is 21.5 Å². The van der Waals surface area contributed by atoms with Gasteiger partial charge in [0.15, 0.2) is 0 Å². The van der Waals surface area contributed by atoms with Crippen LogP contribution in [0, 0.1) is 27.7 Å². The summed E-state index contributed by atoms with van der Waals surface area (Å²) in [5, 5.41) is 11.9. The van der Waals surface area contributed by atoms with E-state index in [0.717, 1.165) is 61.1 Å². The smallest absolute Gasteiger partial charge is 0.282 e. The van der Waals surface area contributed by atoms with Crippen LogP contribution in [0.4, 0.5) is 0 Å². The number of para-hydroxylation sites is 2. The van der Waals surface area contributed by atoms with Gasteiger partial charge in [0.1, 0.15) is 23.0 Å². The highest BCUT2D eigenvalue weighted by atomic mass is 31.2. The van der Waals surface area contributed by atoms with Crippen molar-refractivity contribution in [3.05, 3.63) is 155 Å². The number of rotatable bonds is 5. The maximum absolute atomic E-state index is 14.0. The van der Waals surface area contributed by atoms with E-state index in [1.54, 1.807) is 7.11 Å². The van der Waals surface area contributed by atoms with Crippen molar-refractivity contribution in [3.63, 3.8) is 0 Å². The number of benzene rings is 6. The monoisotopic (exact) mass is 714 g/mol. The molecule has 8 heteroatoms. The molecule has 2 atom stereocenters. The van der Waals surface area contributed by atoms with Gasteiger partial charge in [-0.3, -0.25) is 9.13 Å². The van der Waals surface area contributed by atoms with Crippen LogP contribution in [0.2, 0.25) is 0 Å². The summed E-state index contributed by atoms with van der Waals surface area (Å²) in [5.41, 5.74) is 9.43. The summed E-state index contributed by atoms with van der Waals surface area (Å²) >= 11 is 0. The third-order valence-electron chi connectivity index (χ3n) is 9.37. The Morgan fingerprint density at radius 1 is 0.549 bits per heavy atom. The predicted octanol–water partition coefficient (Wildman–Crippen LogP) is 10.6. The SMILES string of the molecule is COc1c(C)cc(C)cc1CP1(=O)Oc2ccccc2-c2ccccc21.Cc1cc(C)c(O)c(CP2(=O)Oc3ccccc3-c3ccccc32)c1. The van der Waals surface area contributed by atoms with E-state index in [9.17, 15) is 14.2 Å². The molecule has 258 valence electrons. The topological polar surface area (TPSA) is 82.1 Å². The Balaban J connectivity index is 0.000000159. The van der Waals surface area contributed by atoms with Gasteiger partial charge in [-0.2, -0.15) is 0 Å². The Hall–Kier alpha value is -5.02. The summed E-state index contributed by atoms with van der Waals surface area (Å²) in [6.45, 7) is 7.87. The van der Waals surface area contributed by atoms with E-state index in [0.29, 0.717) is 28.5 Å². The molecule has 0 aromatic heterocycles. The van der Waals surface area contributed by atoms with E-state index in [-0.39, 0.29) is 11.9 Å². The standard InChI is InChI=1S/C22H21O3P.C21H19O3P/c1-15-12-16(2)22(24-3)17(13-15)14-26(23)21-11-7-5-9-19(21)18-8-4-6-10-20(18)25-26;1-14-11-15(2)21(22)16(12-14)13-25(23)20-10-6-4-8-18(20)17-7-3-5-9-19(17)24-25/h4-13H,14H2,1-3H3;3-12,22H,13H2,1-2H3. The Morgan fingerprint density at radius 3 is 1.47 bits per heavy atom. The molecule has 1 N–H and O–H groups in total. The molecule has 0 radical (unpaired) electrons. The molecular formula is C43H40O6P2. The van der Waals surface area contributed by atoms with Gasteiger partial charge in [0, 0.05) is 22.3 Å². The largest absolute Gasteiger partial charge is 0.507 e. The van der Waals surface area contributed by atoms with Crippen LogP contribution < -0.4 is 24.4 Å². The van der Waals surface area contributed by atoms with Crippen LogP contribution in [0.15, 0.2) is 121 Å². The first-order valence-electron chi connectivity index (χ1n) is 16.9. The maximum Gasteiger partial charge on any atom is 0.282 e. The van der Waals surface area contributed by atoms with Gasteiger partial charge in [-0.15, -0.1) is 0 Å². The molecular weight excluding hydrogens is 674 g/mol. The Labute approximate surface area is 299 Å². The fourth-order valence-electron chi connectivity index (χ4n) is 7.25. The molecule has 0 spiro atoms. The number of hydrogen-bond acceptors (Lipinski definition) is 6. The highest BCUT2D eigenvalue weighted by Gasteiger charge is 2.38. The first kappa shape index (κ1) is 34.4. The maximum atomic E-state index is 14.0. The van der Waals surface area contributed by atoms with Crippen molar-refractivity contribution in [2.45, 2.75) is 40.0 Å². The Morgan fingerprint density at radius 2 is 0.961 bits per heavy atom. The zero-order valence-corrected chi connectivity index (χ0v) is 31.1. The first-order valence-corrected chi connectivity index (χ1v) is 20.5. The number of ether oxygens (including phenoxy) is 1. The van der Waals surface area contributed by atoms with Gasteiger partial charge < -0.3 is 18.9 Å². The molecule has 8 rings (SSSR count). The van der Waals surface area contributed by atoms with Crippen LogP contribution >= 0.6 is 14.7 Å². The molecule has 2 aliphatic rings. The van der Waals surface area contributed by atoms with Crippen LogP contribution in [0.3, 0.4) is 0 Å². The number of fused-ring (bicyclic) bond motifs is 6. The fourth-order valence-corrected chi connectivity index (χ4v) is 12.0. The molecule has 2 unspecified atom stereocenters. The van der Waals surface area contributed by atoms with Crippen LogP contribution in [0.25, 0.3) is 22.3 Å². The van der Waals surface area contributed by atoms with Gasteiger partial charge in [-0.1, -0.05) is 108 Å². The second-order valence-corrected chi connectivity index (χ2v) is 17.9. The van der Waals surface area contributed by atoms with Crippen molar-refractivity contribution in [2.75, 3.05) is 7.11 Å². The minimum Gasteiger partial charge on any atom is -0.507 e. The average Bonchev–Trinajstić information content (AvgIpc) is 3.11. The summed E-state index contributed by atoms with van der Waals surface area (Å²) < 4.78 is 45.6. The number of phenolic OH excluding ortho intramolecular Hbond substituents is 1. The van der Waals surface area contributed by atoms with Gasteiger partial charge in [-0.25, -0.2) is 0 Å². The summed E-state index contributed by atoms with van der Waals surface area (Å²) in [7, 11) is -4.65. The fraction of sp³-hybridized carbons (Fsp3) is 0.163. The second-order valence-electron chi connectivity index (χ2n) is 13.2. The minimum atomic E-state index is -3.18. The molecule has 6 aromatic carbocycles. The lowest BCUT2D eigenvalue weighted by Gasteiger charge is -2.29. The molecule has 0 saturated heterocycles. The molecule has 6 aromatic rings. The lowest BCUT2D eigenvalue weighted by atomic mass is 10.0. The Kier molecular flexibility index (Phi) is 9.18. The van der Waals surface area contributed by atoms with E-state index in [2.05, 4.69) is 6.07 Å². The van der Waals surface area contributed by atoms with Crippen LogP contribution in [-0.4, -0.2) is 12.2 Å². The molecule has 0 fully saturated rings. The summed E-state index contributed by atoms with van der Waals surface area (Å²) in [6.07, 6.45) is 0.483. The molecule has 2 heterocycles. The van der Waals surface area contributed by atoms with Crippen molar-refractivity contribution in [2.24, 2.45) is 0 Å². The van der Waals surface area contributed by atoms with E-state index < -0.39 is 14.7 Å². The summed E-state index contributed by atoms with van der Waals surface area (Å²) in [6, 6.07) is 38.8. The summed E-state index contributed by atoms with van der Waals surface area (Å²) in [4.78, 5) is 0. The minimum absolute atomic E-state index is 0.173. The quantitative estimate of drug-likeness (QED) is 0.179. The van der Waals surface area contributed by atoms with Crippen LogP contribution in [0.1, 0.15) is 33.4 Å². The van der Waals surface area contributed by atoms with Gasteiger partial charge in [0.25, 0.3) is 14.7 Å². The highest BCUT2D eigenvalue weighted by Crippen LogP contribution is 2.58. The van der Waals surface area contributed by atoms with Crippen LogP contribution in [0.5, 0.6) is 23.0 Å². The van der Waals surface area contributed by atoms with Crippen molar-refractivity contribution in [3.8, 4) is 45.3 Å². The molecule has 0 bridgehead atoms. The number of hydrogen-bond donors (Lipinski definition) is 1. The van der Waals surface area contributed by atoms with Crippen molar-refractivity contribution < 1.29 is 28.0 Å². The van der Waals surface area contributed by atoms with E-state index in [1.165, 1.54) is 0 Å². The lowest BCUT2D eigenvalue weighted by Crippen LogP contribution is -2.19. The first-order chi connectivity index (χ1) is 24.5. The van der Waals surface area contributed by atoms with Crippen molar-refractivity contribution >= 4 is 25.3 Å². The highest BCUT2D eigenvalue weighted by molar-refractivity contribution is 7.67. The zero-order chi connectivity index (χ0) is 35.9. The molecule has 0 amide bonds. The van der Waals surface area contributed by atoms with E-state index >= 15 is 0 Å². The Bertz CT molecular complexity index is 2400. The van der Waals surface area contributed by atoms with Gasteiger partial charge in [0.2, 0.25) is 0 Å². The number of phenols is 1. The normalized spacial score (nSPS) is 18.0. The third-order valence-corrected chi connectivity index (χ3v) is 14.1. The van der Waals surface area contributed by atoms with E-state index in [1.807, 2.05) is 143 Å². The zero-order valence-electron chi connectivity index (χ0n) is 29.3. The van der Waals surface area contributed by atoms with E-state index in [4.69, 9.17) is 13.8 Å². The average molecular weight is 715 g/mol. The number of aryl methyl sites for hydroxylation is 4. The number of methoxy groups -OCH3 is 1. The second kappa shape index (κ2) is 13.6. The lowest BCUT2D eigenvalue weighted by molar-refractivity contribution is 0.407. The number of aromatic hydroxyl groups is 1. The molecule has 0 saturated carbocycles. The van der Waals surface area contributed by atoms with Crippen molar-refractivity contribution in [1.82, 2.24) is 0 Å². The third kappa shape index (κ3) is 6.51. The van der Waals surface area contributed by atoms with Gasteiger partial charge in [-0.05, 0) is 74.2 Å². The molecule has 6 nitrogen and oxygen atoms in total. The van der Waals surface area contributed by atoms with Gasteiger partial charge in [0.05, 0.1) is 30.0 Å².